The Morgan fingerprint density at radius 2 is 2.27 bits per heavy atom. The number of β-amino-alcohol motifs (C(OH)–C–C–N with tert-alkyl or cyclic N) is 1. The van der Waals surface area contributed by atoms with Crippen molar-refractivity contribution in [1.82, 2.24) is 9.80 Å². The molecule has 2 aliphatic rings. The van der Waals surface area contributed by atoms with Crippen LogP contribution in [-0.4, -0.2) is 65.8 Å². The SMILES string of the molecule is CN1C(=O)N(CCO)C2(CCOC2)C1=O. The fourth-order valence-electron chi connectivity index (χ4n) is 2.22. The van der Waals surface area contributed by atoms with Crippen LogP contribution >= 0.6 is 0 Å². The number of aliphatic hydroxyl groups excluding tert-OH is 1. The Morgan fingerprint density at radius 1 is 1.53 bits per heavy atom. The quantitative estimate of drug-likeness (QED) is 0.600. The summed E-state index contributed by atoms with van der Waals surface area (Å²) in [5.41, 5.74) is -0.853. The number of rotatable bonds is 2. The molecule has 6 heteroatoms. The van der Waals surface area contributed by atoms with Crippen LogP contribution in [0.2, 0.25) is 0 Å². The van der Waals surface area contributed by atoms with Gasteiger partial charge in [0.2, 0.25) is 0 Å². The highest BCUT2D eigenvalue weighted by molar-refractivity contribution is 6.07. The highest BCUT2D eigenvalue weighted by atomic mass is 16.5. The summed E-state index contributed by atoms with van der Waals surface area (Å²) in [6.07, 6.45) is 0.516. The van der Waals surface area contributed by atoms with Gasteiger partial charge in [0.1, 0.15) is 5.54 Å². The number of carbonyl (C=O) groups is 2. The van der Waals surface area contributed by atoms with Gasteiger partial charge >= 0.3 is 6.03 Å². The zero-order valence-electron chi connectivity index (χ0n) is 8.60. The standard InChI is InChI=1S/C9H14N2O4/c1-10-7(13)9(2-5-15-6-9)11(3-4-12)8(10)14/h12H,2-6H2,1H3. The first kappa shape index (κ1) is 10.4. The van der Waals surface area contributed by atoms with Gasteiger partial charge in [-0.1, -0.05) is 0 Å². The number of carbonyl (C=O) groups excluding carboxylic acids is 2. The van der Waals surface area contributed by atoms with Crippen molar-refractivity contribution in [3.63, 3.8) is 0 Å². The number of likely N-dealkylation sites (N-methyl/N-ethyl adjacent to an activating group) is 1. The molecule has 0 aromatic heterocycles. The minimum absolute atomic E-state index is 0.144. The highest BCUT2D eigenvalue weighted by Gasteiger charge is 2.57. The second-order valence-electron chi connectivity index (χ2n) is 3.86. The molecular formula is C9H14N2O4. The molecular weight excluding hydrogens is 200 g/mol. The van der Waals surface area contributed by atoms with Crippen molar-refractivity contribution in [3.8, 4) is 0 Å². The number of aliphatic hydroxyl groups is 1. The summed E-state index contributed by atoms with van der Waals surface area (Å²) in [6, 6.07) is -0.348. The number of amides is 3. The summed E-state index contributed by atoms with van der Waals surface area (Å²) in [7, 11) is 1.46. The van der Waals surface area contributed by atoms with E-state index in [0.717, 1.165) is 4.90 Å². The lowest BCUT2D eigenvalue weighted by Gasteiger charge is -2.28. The molecule has 2 saturated heterocycles. The Labute approximate surface area is 87.4 Å². The molecule has 1 N–H and O–H groups in total. The van der Waals surface area contributed by atoms with Gasteiger partial charge in [0.05, 0.1) is 13.2 Å². The first-order chi connectivity index (χ1) is 7.13. The number of urea groups is 1. The Hall–Kier alpha value is -1.14. The van der Waals surface area contributed by atoms with Gasteiger partial charge in [0.15, 0.2) is 0 Å². The Kier molecular flexibility index (Phi) is 2.40. The maximum absolute atomic E-state index is 11.9. The van der Waals surface area contributed by atoms with Crippen LogP contribution in [0.4, 0.5) is 4.79 Å². The Bertz CT molecular complexity index is 298. The molecule has 1 atom stereocenters. The van der Waals surface area contributed by atoms with E-state index in [1.54, 1.807) is 0 Å². The molecule has 0 saturated carbocycles. The van der Waals surface area contributed by atoms with E-state index >= 15 is 0 Å². The van der Waals surface area contributed by atoms with E-state index in [1.807, 2.05) is 0 Å². The molecule has 3 amide bonds. The fourth-order valence-corrected chi connectivity index (χ4v) is 2.22. The van der Waals surface area contributed by atoms with Crippen molar-refractivity contribution in [2.75, 3.05) is 33.4 Å². The topological polar surface area (TPSA) is 70.1 Å². The molecule has 0 bridgehead atoms. The van der Waals surface area contributed by atoms with E-state index in [-0.39, 0.29) is 31.7 Å². The van der Waals surface area contributed by atoms with Gasteiger partial charge in [-0.25, -0.2) is 4.79 Å². The molecule has 6 nitrogen and oxygen atoms in total. The van der Waals surface area contributed by atoms with E-state index in [2.05, 4.69) is 0 Å². The first-order valence-electron chi connectivity index (χ1n) is 4.92. The molecule has 84 valence electrons. The molecule has 2 rings (SSSR count). The third-order valence-corrected chi connectivity index (χ3v) is 3.06. The van der Waals surface area contributed by atoms with E-state index in [0.29, 0.717) is 13.0 Å². The Morgan fingerprint density at radius 3 is 2.80 bits per heavy atom. The second-order valence-corrected chi connectivity index (χ2v) is 3.86. The van der Waals surface area contributed by atoms with Crippen molar-refractivity contribution in [1.29, 1.82) is 0 Å². The number of ether oxygens (including phenoxy) is 1. The van der Waals surface area contributed by atoms with Crippen LogP contribution in [0.15, 0.2) is 0 Å². The van der Waals surface area contributed by atoms with Gasteiger partial charge in [-0.15, -0.1) is 0 Å². The van der Waals surface area contributed by atoms with E-state index in [4.69, 9.17) is 9.84 Å². The number of hydrogen-bond acceptors (Lipinski definition) is 4. The van der Waals surface area contributed by atoms with Crippen LogP contribution in [0.3, 0.4) is 0 Å². The van der Waals surface area contributed by atoms with Crippen molar-refractivity contribution >= 4 is 11.9 Å². The third-order valence-electron chi connectivity index (χ3n) is 3.06. The minimum atomic E-state index is -0.853. The Balaban J connectivity index is 2.33. The van der Waals surface area contributed by atoms with Crippen molar-refractivity contribution in [2.45, 2.75) is 12.0 Å². The van der Waals surface area contributed by atoms with Crippen molar-refractivity contribution in [2.24, 2.45) is 0 Å². The second kappa shape index (κ2) is 3.46. The zero-order valence-corrected chi connectivity index (χ0v) is 8.60. The maximum Gasteiger partial charge on any atom is 0.327 e. The molecule has 0 aromatic carbocycles. The summed E-state index contributed by atoms with van der Waals surface area (Å²) in [5, 5.41) is 8.90. The lowest BCUT2D eigenvalue weighted by Crippen LogP contribution is -2.51. The number of hydrogen-bond donors (Lipinski definition) is 1. The summed E-state index contributed by atoms with van der Waals surface area (Å²) in [5.74, 6) is -0.224. The molecule has 15 heavy (non-hydrogen) atoms. The molecule has 2 aliphatic heterocycles. The van der Waals surface area contributed by atoms with E-state index in [1.165, 1.54) is 11.9 Å². The van der Waals surface area contributed by atoms with Gasteiger partial charge in [-0.3, -0.25) is 9.69 Å². The molecule has 1 spiro atoms. The zero-order chi connectivity index (χ0) is 11.1. The van der Waals surface area contributed by atoms with E-state index in [9.17, 15) is 9.59 Å². The summed E-state index contributed by atoms with van der Waals surface area (Å²) < 4.78 is 5.20. The third kappa shape index (κ3) is 1.25. The molecule has 1 unspecified atom stereocenters. The van der Waals surface area contributed by atoms with Gasteiger partial charge in [-0.2, -0.15) is 0 Å². The molecule has 0 radical (unpaired) electrons. The largest absolute Gasteiger partial charge is 0.395 e. The average Bonchev–Trinajstić information content (AvgIpc) is 2.77. The lowest BCUT2D eigenvalue weighted by molar-refractivity contribution is -0.132. The molecule has 0 aromatic rings. The van der Waals surface area contributed by atoms with Gasteiger partial charge in [0, 0.05) is 26.6 Å². The van der Waals surface area contributed by atoms with E-state index < -0.39 is 5.54 Å². The summed E-state index contributed by atoms with van der Waals surface area (Å²) in [4.78, 5) is 26.2. The number of imide groups is 1. The normalized spacial score (nSPS) is 31.1. The number of nitrogens with zero attached hydrogens (tertiary/aromatic N) is 2. The lowest BCUT2D eigenvalue weighted by atomic mass is 9.97. The van der Waals surface area contributed by atoms with Crippen LogP contribution in [0.1, 0.15) is 6.42 Å². The fraction of sp³-hybridized carbons (Fsp3) is 0.778. The van der Waals surface area contributed by atoms with Crippen LogP contribution in [0, 0.1) is 0 Å². The van der Waals surface area contributed by atoms with Crippen molar-refractivity contribution in [3.05, 3.63) is 0 Å². The van der Waals surface area contributed by atoms with Crippen molar-refractivity contribution < 1.29 is 19.4 Å². The smallest absolute Gasteiger partial charge is 0.327 e. The maximum atomic E-state index is 11.9. The monoisotopic (exact) mass is 214 g/mol. The summed E-state index contributed by atoms with van der Waals surface area (Å²) in [6.45, 7) is 0.754. The molecule has 2 heterocycles. The first-order valence-corrected chi connectivity index (χ1v) is 4.92. The molecule has 2 fully saturated rings. The minimum Gasteiger partial charge on any atom is -0.395 e. The van der Waals surface area contributed by atoms with Gasteiger partial charge < -0.3 is 14.7 Å². The average molecular weight is 214 g/mol. The highest BCUT2D eigenvalue weighted by Crippen LogP contribution is 2.34. The predicted octanol–water partition coefficient (Wildman–Crippen LogP) is -0.968. The van der Waals surface area contributed by atoms with Crippen LogP contribution < -0.4 is 0 Å². The predicted molar refractivity (Wildman–Crippen MR) is 50.1 cm³/mol. The van der Waals surface area contributed by atoms with Crippen LogP contribution in [-0.2, 0) is 9.53 Å². The van der Waals surface area contributed by atoms with Gasteiger partial charge in [0.25, 0.3) is 5.91 Å². The summed E-state index contributed by atoms with van der Waals surface area (Å²) >= 11 is 0. The molecule has 0 aliphatic carbocycles. The van der Waals surface area contributed by atoms with Gasteiger partial charge in [-0.05, 0) is 0 Å². The van der Waals surface area contributed by atoms with Crippen LogP contribution in [0.25, 0.3) is 0 Å². The van der Waals surface area contributed by atoms with Crippen LogP contribution in [0.5, 0.6) is 0 Å².